The van der Waals surface area contributed by atoms with E-state index in [9.17, 15) is 4.79 Å². The highest BCUT2D eigenvalue weighted by Gasteiger charge is 2.17. The summed E-state index contributed by atoms with van der Waals surface area (Å²) in [7, 11) is 0. The summed E-state index contributed by atoms with van der Waals surface area (Å²) in [5.41, 5.74) is 0.907. The summed E-state index contributed by atoms with van der Waals surface area (Å²) in [6.45, 7) is 1.61. The van der Waals surface area contributed by atoms with Crippen LogP contribution in [0.1, 0.15) is 44.3 Å². The smallest absolute Gasteiger partial charge is 0.135 e. The second-order valence-corrected chi connectivity index (χ2v) is 4.10. The van der Waals surface area contributed by atoms with Crippen LogP contribution in [0.25, 0.3) is 0 Å². The van der Waals surface area contributed by atoms with Gasteiger partial charge in [-0.25, -0.2) is 0 Å². The van der Waals surface area contributed by atoms with Crippen LogP contribution >= 0.6 is 0 Å². The average molecular weight is 192 g/mol. The average Bonchev–Trinajstić information content (AvgIpc) is 2.69. The van der Waals surface area contributed by atoms with E-state index in [1.807, 2.05) is 16.9 Å². The summed E-state index contributed by atoms with van der Waals surface area (Å²) < 4.78 is 2.03. The second-order valence-electron chi connectivity index (χ2n) is 4.10. The molecule has 0 N–H and O–H groups in total. The lowest BCUT2D eigenvalue weighted by Gasteiger charge is -2.08. The Kier molecular flexibility index (Phi) is 2.66. The Morgan fingerprint density at radius 1 is 1.57 bits per heavy atom. The highest BCUT2D eigenvalue weighted by molar-refractivity contribution is 5.77. The molecule has 1 heterocycles. The Labute approximate surface area is 84.1 Å². The predicted octanol–water partition coefficient (Wildman–Crippen LogP) is 2.13. The molecule has 0 aliphatic heterocycles. The van der Waals surface area contributed by atoms with Crippen LogP contribution in [0, 0.1) is 0 Å². The molecule has 1 aliphatic rings. The van der Waals surface area contributed by atoms with E-state index in [-0.39, 0.29) is 5.78 Å². The van der Waals surface area contributed by atoms with E-state index in [4.69, 9.17) is 0 Å². The van der Waals surface area contributed by atoms with Crippen LogP contribution in [0.15, 0.2) is 12.3 Å². The van der Waals surface area contributed by atoms with Gasteiger partial charge in [0.05, 0.1) is 18.2 Å². The maximum absolute atomic E-state index is 10.9. The lowest BCUT2D eigenvalue weighted by molar-refractivity contribution is -0.116. The van der Waals surface area contributed by atoms with Crippen molar-refractivity contribution in [1.29, 1.82) is 0 Å². The predicted molar refractivity (Wildman–Crippen MR) is 54.1 cm³/mol. The number of Topliss-reactive ketones (excluding diaryl/α,β-unsaturated/α-hetero) is 1. The number of rotatable bonds is 3. The molecule has 1 aromatic heterocycles. The fourth-order valence-corrected chi connectivity index (χ4v) is 2.10. The molecule has 0 bridgehead atoms. The van der Waals surface area contributed by atoms with Crippen LogP contribution in [-0.2, 0) is 11.2 Å². The van der Waals surface area contributed by atoms with Crippen molar-refractivity contribution in [3.05, 3.63) is 18.0 Å². The molecule has 0 spiro atoms. The molecule has 0 amide bonds. The van der Waals surface area contributed by atoms with Gasteiger partial charge < -0.3 is 0 Å². The molecule has 3 nitrogen and oxygen atoms in total. The number of carbonyl (C=O) groups excluding carboxylic acids is 1. The second kappa shape index (κ2) is 3.95. The topological polar surface area (TPSA) is 34.9 Å². The van der Waals surface area contributed by atoms with Gasteiger partial charge in [-0.05, 0) is 25.8 Å². The molecule has 0 saturated heterocycles. The van der Waals surface area contributed by atoms with Crippen LogP contribution in [0.2, 0.25) is 0 Å². The number of aromatic nitrogens is 2. The SMILES string of the molecule is CC(=O)Cc1ccn(C2CCCC2)n1. The van der Waals surface area contributed by atoms with E-state index >= 15 is 0 Å². The fourth-order valence-electron chi connectivity index (χ4n) is 2.10. The Morgan fingerprint density at radius 2 is 2.29 bits per heavy atom. The molecule has 0 aromatic carbocycles. The van der Waals surface area contributed by atoms with Gasteiger partial charge in [-0.1, -0.05) is 12.8 Å². The van der Waals surface area contributed by atoms with Crippen LogP contribution in [0.5, 0.6) is 0 Å². The molecule has 1 saturated carbocycles. The monoisotopic (exact) mass is 192 g/mol. The first-order valence-corrected chi connectivity index (χ1v) is 5.29. The lowest BCUT2D eigenvalue weighted by atomic mass is 10.2. The molecule has 0 atom stereocenters. The van der Waals surface area contributed by atoms with Gasteiger partial charge in [0, 0.05) is 6.20 Å². The van der Waals surface area contributed by atoms with Gasteiger partial charge in [0.15, 0.2) is 0 Å². The van der Waals surface area contributed by atoms with Crippen molar-refractivity contribution < 1.29 is 4.79 Å². The van der Waals surface area contributed by atoms with Crippen molar-refractivity contribution in [2.24, 2.45) is 0 Å². The first kappa shape index (κ1) is 9.44. The minimum absolute atomic E-state index is 0.182. The van der Waals surface area contributed by atoms with Crippen molar-refractivity contribution in [3.8, 4) is 0 Å². The van der Waals surface area contributed by atoms with Gasteiger partial charge in [0.1, 0.15) is 5.78 Å². The molecular weight excluding hydrogens is 176 g/mol. The van der Waals surface area contributed by atoms with E-state index < -0.39 is 0 Å². The zero-order chi connectivity index (χ0) is 9.97. The lowest BCUT2D eigenvalue weighted by Crippen LogP contribution is -2.06. The largest absolute Gasteiger partial charge is 0.300 e. The Balaban J connectivity index is 2.05. The van der Waals surface area contributed by atoms with Gasteiger partial charge in [-0.2, -0.15) is 5.10 Å². The standard InChI is InChI=1S/C11H16N2O/c1-9(14)8-10-6-7-13(12-10)11-4-2-3-5-11/h6-7,11H,2-5,8H2,1H3. The summed E-state index contributed by atoms with van der Waals surface area (Å²) >= 11 is 0. The molecule has 0 unspecified atom stereocenters. The molecule has 1 aromatic rings. The van der Waals surface area contributed by atoms with Crippen molar-refractivity contribution >= 4 is 5.78 Å². The van der Waals surface area contributed by atoms with Gasteiger partial charge >= 0.3 is 0 Å². The third-order valence-corrected chi connectivity index (χ3v) is 2.79. The highest BCUT2D eigenvalue weighted by Crippen LogP contribution is 2.28. The van der Waals surface area contributed by atoms with Crippen LogP contribution in [0.4, 0.5) is 0 Å². The van der Waals surface area contributed by atoms with E-state index in [0.717, 1.165) is 5.69 Å². The molecule has 2 rings (SSSR count). The number of nitrogens with zero attached hydrogens (tertiary/aromatic N) is 2. The van der Waals surface area contributed by atoms with Gasteiger partial charge in [-0.3, -0.25) is 9.48 Å². The first-order chi connectivity index (χ1) is 6.75. The van der Waals surface area contributed by atoms with E-state index in [1.165, 1.54) is 25.7 Å². The zero-order valence-electron chi connectivity index (χ0n) is 8.57. The molecule has 14 heavy (non-hydrogen) atoms. The van der Waals surface area contributed by atoms with Crippen molar-refractivity contribution in [1.82, 2.24) is 9.78 Å². The molecular formula is C11H16N2O. The Morgan fingerprint density at radius 3 is 2.93 bits per heavy atom. The van der Waals surface area contributed by atoms with Gasteiger partial charge in [-0.15, -0.1) is 0 Å². The summed E-state index contributed by atoms with van der Waals surface area (Å²) in [5, 5.41) is 4.43. The maximum Gasteiger partial charge on any atom is 0.135 e. The number of ketones is 1. The van der Waals surface area contributed by atoms with Crippen molar-refractivity contribution in [2.75, 3.05) is 0 Å². The van der Waals surface area contributed by atoms with E-state index in [2.05, 4.69) is 5.10 Å². The maximum atomic E-state index is 10.9. The molecule has 76 valence electrons. The fraction of sp³-hybridized carbons (Fsp3) is 0.636. The minimum atomic E-state index is 0.182. The summed E-state index contributed by atoms with van der Waals surface area (Å²) in [6.07, 6.45) is 7.58. The number of hydrogen-bond donors (Lipinski definition) is 0. The Bertz CT molecular complexity index is 324. The molecule has 1 aliphatic carbocycles. The number of hydrogen-bond acceptors (Lipinski definition) is 2. The minimum Gasteiger partial charge on any atom is -0.300 e. The van der Waals surface area contributed by atoms with Gasteiger partial charge in [0.2, 0.25) is 0 Å². The Hall–Kier alpha value is -1.12. The summed E-state index contributed by atoms with van der Waals surface area (Å²) in [4.78, 5) is 10.9. The van der Waals surface area contributed by atoms with E-state index in [1.54, 1.807) is 6.92 Å². The third kappa shape index (κ3) is 2.03. The summed E-state index contributed by atoms with van der Waals surface area (Å²) in [6, 6.07) is 2.54. The molecule has 3 heteroatoms. The highest BCUT2D eigenvalue weighted by atomic mass is 16.1. The number of carbonyl (C=O) groups is 1. The quantitative estimate of drug-likeness (QED) is 0.735. The molecule has 1 fully saturated rings. The van der Waals surface area contributed by atoms with Gasteiger partial charge in [0.25, 0.3) is 0 Å². The van der Waals surface area contributed by atoms with Crippen LogP contribution < -0.4 is 0 Å². The third-order valence-electron chi connectivity index (χ3n) is 2.79. The normalized spacial score (nSPS) is 17.5. The van der Waals surface area contributed by atoms with Crippen molar-refractivity contribution in [2.45, 2.75) is 45.1 Å². The van der Waals surface area contributed by atoms with Crippen molar-refractivity contribution in [3.63, 3.8) is 0 Å². The van der Waals surface area contributed by atoms with E-state index in [0.29, 0.717) is 12.5 Å². The zero-order valence-corrected chi connectivity index (χ0v) is 8.57. The van der Waals surface area contributed by atoms with Crippen LogP contribution in [0.3, 0.4) is 0 Å². The first-order valence-electron chi connectivity index (χ1n) is 5.29. The summed E-state index contributed by atoms with van der Waals surface area (Å²) in [5.74, 6) is 0.182. The molecule has 0 radical (unpaired) electrons. The van der Waals surface area contributed by atoms with Crippen LogP contribution in [-0.4, -0.2) is 15.6 Å².